The lowest BCUT2D eigenvalue weighted by molar-refractivity contribution is 0.0867. The molecular weight excluding hydrogens is 416 g/mol. The first-order valence-electron chi connectivity index (χ1n) is 11.0. The van der Waals surface area contributed by atoms with Crippen molar-refractivity contribution in [3.63, 3.8) is 0 Å². The highest BCUT2D eigenvalue weighted by Crippen LogP contribution is 2.39. The van der Waals surface area contributed by atoms with E-state index in [1.807, 2.05) is 4.90 Å². The molecule has 2 aliphatic rings. The fraction of sp³-hybridized carbons (Fsp3) is 0.435. The van der Waals surface area contributed by atoms with Gasteiger partial charge in [0.1, 0.15) is 11.6 Å². The van der Waals surface area contributed by atoms with Crippen molar-refractivity contribution >= 4 is 22.8 Å². The molecule has 0 unspecified atom stereocenters. The number of aliphatic hydroxyl groups is 1. The van der Waals surface area contributed by atoms with Gasteiger partial charge in [-0.2, -0.15) is 5.10 Å². The molecule has 3 N–H and O–H groups in total. The predicted octanol–water partition coefficient (Wildman–Crippen LogP) is 3.61. The highest BCUT2D eigenvalue weighted by atomic mass is 19.1. The van der Waals surface area contributed by atoms with Crippen LogP contribution in [-0.4, -0.2) is 44.9 Å². The van der Waals surface area contributed by atoms with Crippen molar-refractivity contribution in [1.29, 1.82) is 0 Å². The number of halogens is 2. The number of nitrogens with one attached hydrogen (secondary N) is 2. The van der Waals surface area contributed by atoms with Gasteiger partial charge in [-0.3, -0.25) is 9.89 Å². The number of benzene rings is 1. The van der Waals surface area contributed by atoms with Gasteiger partial charge in [-0.1, -0.05) is 0 Å². The highest BCUT2D eigenvalue weighted by molar-refractivity contribution is 5.99. The van der Waals surface area contributed by atoms with Crippen LogP contribution in [0.4, 0.5) is 14.6 Å². The molecule has 1 saturated heterocycles. The molecule has 1 aliphatic heterocycles. The van der Waals surface area contributed by atoms with E-state index in [9.17, 15) is 18.7 Å². The lowest BCUT2D eigenvalue weighted by Gasteiger charge is -2.26. The van der Waals surface area contributed by atoms with Crippen molar-refractivity contribution < 1.29 is 18.7 Å². The van der Waals surface area contributed by atoms with Crippen molar-refractivity contribution in [2.24, 2.45) is 0 Å². The molecule has 32 heavy (non-hydrogen) atoms. The summed E-state index contributed by atoms with van der Waals surface area (Å²) < 4.78 is 28.3. The molecule has 7 nitrogen and oxygen atoms in total. The molecule has 1 atom stereocenters. The molecule has 168 valence electrons. The van der Waals surface area contributed by atoms with Gasteiger partial charge in [0.2, 0.25) is 0 Å². The zero-order chi connectivity index (χ0) is 22.2. The normalized spacial score (nSPS) is 23.6. The predicted molar refractivity (Wildman–Crippen MR) is 115 cm³/mol. The number of nitrogens with zero attached hydrogens (tertiary/aromatic N) is 3. The van der Waals surface area contributed by atoms with Gasteiger partial charge in [-0.15, -0.1) is 0 Å². The van der Waals surface area contributed by atoms with Gasteiger partial charge in [0, 0.05) is 24.3 Å². The summed E-state index contributed by atoms with van der Waals surface area (Å²) in [7, 11) is 0. The topological polar surface area (TPSA) is 94.1 Å². The first-order chi connectivity index (χ1) is 15.5. The number of H-pyrrole nitrogens is 1. The SMILES string of the molecule is O=C(N[C@H]1CC[C@H](O)CC1)c1cnc2[nH]nc(N3CCC[C@@H]3c3cc(F)ccc3F)c2c1. The molecular formula is C23H25F2N5O2. The van der Waals surface area contributed by atoms with E-state index in [2.05, 4.69) is 20.5 Å². The van der Waals surface area contributed by atoms with Crippen LogP contribution in [0.3, 0.4) is 0 Å². The van der Waals surface area contributed by atoms with Gasteiger partial charge in [-0.25, -0.2) is 13.8 Å². The Kier molecular flexibility index (Phi) is 5.50. The van der Waals surface area contributed by atoms with Crippen LogP contribution in [0.25, 0.3) is 11.0 Å². The maximum absolute atomic E-state index is 14.5. The fourth-order valence-corrected chi connectivity index (χ4v) is 4.84. The molecule has 1 amide bonds. The summed E-state index contributed by atoms with van der Waals surface area (Å²) in [5.74, 6) is -0.564. The number of aromatic nitrogens is 3. The van der Waals surface area contributed by atoms with Crippen LogP contribution in [0.5, 0.6) is 0 Å². The van der Waals surface area contributed by atoms with Crippen molar-refractivity contribution in [2.75, 3.05) is 11.4 Å². The minimum Gasteiger partial charge on any atom is -0.393 e. The van der Waals surface area contributed by atoms with E-state index >= 15 is 0 Å². The molecule has 2 aromatic heterocycles. The molecule has 3 aromatic rings. The van der Waals surface area contributed by atoms with Gasteiger partial charge in [0.25, 0.3) is 5.91 Å². The van der Waals surface area contributed by atoms with Gasteiger partial charge >= 0.3 is 0 Å². The third-order valence-electron chi connectivity index (χ3n) is 6.53. The average Bonchev–Trinajstić information content (AvgIpc) is 3.43. The second kappa shape index (κ2) is 8.46. The van der Waals surface area contributed by atoms with Gasteiger partial charge in [-0.05, 0) is 62.8 Å². The maximum atomic E-state index is 14.5. The summed E-state index contributed by atoms with van der Waals surface area (Å²) in [6.45, 7) is 0.640. The Morgan fingerprint density at radius 1 is 1.16 bits per heavy atom. The molecule has 9 heteroatoms. The Labute approximate surface area is 183 Å². The molecule has 1 aromatic carbocycles. The maximum Gasteiger partial charge on any atom is 0.253 e. The molecule has 0 spiro atoms. The molecule has 0 radical (unpaired) electrons. The Balaban J connectivity index is 1.42. The van der Waals surface area contributed by atoms with E-state index in [1.54, 1.807) is 6.07 Å². The Morgan fingerprint density at radius 2 is 1.97 bits per heavy atom. The Bertz CT molecular complexity index is 1140. The number of hydrogen-bond donors (Lipinski definition) is 3. The number of rotatable bonds is 4. The second-order valence-corrected chi connectivity index (χ2v) is 8.66. The summed E-state index contributed by atoms with van der Waals surface area (Å²) in [4.78, 5) is 19.1. The largest absolute Gasteiger partial charge is 0.393 e. The van der Waals surface area contributed by atoms with Crippen LogP contribution in [-0.2, 0) is 0 Å². The summed E-state index contributed by atoms with van der Waals surface area (Å²) in [5.41, 5.74) is 1.25. The molecule has 5 rings (SSSR count). The van der Waals surface area contributed by atoms with Crippen molar-refractivity contribution in [3.8, 4) is 0 Å². The van der Waals surface area contributed by atoms with E-state index in [0.717, 1.165) is 31.4 Å². The van der Waals surface area contributed by atoms with Crippen molar-refractivity contribution in [1.82, 2.24) is 20.5 Å². The first-order valence-corrected chi connectivity index (χ1v) is 11.0. The monoisotopic (exact) mass is 441 g/mol. The van der Waals surface area contributed by atoms with Crippen molar-refractivity contribution in [3.05, 3.63) is 53.2 Å². The summed E-state index contributed by atoms with van der Waals surface area (Å²) in [6, 6.07) is 4.94. The number of carbonyl (C=O) groups is 1. The minimum atomic E-state index is -0.476. The van der Waals surface area contributed by atoms with Gasteiger partial charge < -0.3 is 15.3 Å². The van der Waals surface area contributed by atoms with E-state index in [-0.39, 0.29) is 24.1 Å². The number of pyridine rings is 1. The second-order valence-electron chi connectivity index (χ2n) is 8.66. The molecule has 1 saturated carbocycles. The summed E-state index contributed by atoms with van der Waals surface area (Å²) in [6.07, 6.45) is 5.56. The average molecular weight is 441 g/mol. The van der Waals surface area contributed by atoms with E-state index < -0.39 is 11.6 Å². The number of carbonyl (C=O) groups excluding carboxylic acids is 1. The minimum absolute atomic E-state index is 0.0318. The summed E-state index contributed by atoms with van der Waals surface area (Å²) >= 11 is 0. The third-order valence-corrected chi connectivity index (χ3v) is 6.53. The molecule has 0 bridgehead atoms. The quantitative estimate of drug-likeness (QED) is 0.575. The van der Waals surface area contributed by atoms with Crippen LogP contribution >= 0.6 is 0 Å². The van der Waals surface area contributed by atoms with Crippen molar-refractivity contribution in [2.45, 2.75) is 56.7 Å². The third kappa shape index (κ3) is 3.92. The number of amides is 1. The first kappa shape index (κ1) is 20.8. The number of fused-ring (bicyclic) bond motifs is 1. The highest BCUT2D eigenvalue weighted by Gasteiger charge is 2.31. The Hall–Kier alpha value is -3.07. The Morgan fingerprint density at radius 3 is 2.78 bits per heavy atom. The standard InChI is InChI=1S/C23H25F2N5O2/c24-14-3-8-19(25)17(11-14)20-2-1-9-30(20)22-18-10-13(12-26-21(18)28-29-22)23(32)27-15-4-6-16(31)7-5-15/h3,8,10-12,15-16,20,31H,1-2,4-7,9H2,(H,27,32)(H,26,28,29)/t15-,16-,20-/m1/s1. The van der Waals surface area contributed by atoms with Gasteiger partial charge in [0.05, 0.1) is 23.1 Å². The number of aromatic amines is 1. The summed E-state index contributed by atoms with van der Waals surface area (Å²) in [5, 5.41) is 20.6. The van der Waals surface area contributed by atoms with Gasteiger partial charge in [0.15, 0.2) is 11.5 Å². The van der Waals surface area contributed by atoms with Crippen LogP contribution in [0, 0.1) is 11.6 Å². The molecule has 1 aliphatic carbocycles. The zero-order valence-corrected chi connectivity index (χ0v) is 17.5. The molecule has 3 heterocycles. The number of aliphatic hydroxyl groups excluding tert-OH is 1. The van der Waals surface area contributed by atoms with Crippen LogP contribution in [0.1, 0.15) is 60.5 Å². The molecule has 2 fully saturated rings. The van der Waals surface area contributed by atoms with Crippen LogP contribution in [0.15, 0.2) is 30.5 Å². The van der Waals surface area contributed by atoms with Crippen LogP contribution in [0.2, 0.25) is 0 Å². The van der Waals surface area contributed by atoms with E-state index in [4.69, 9.17) is 0 Å². The van der Waals surface area contributed by atoms with E-state index in [1.165, 1.54) is 12.3 Å². The lowest BCUT2D eigenvalue weighted by Crippen LogP contribution is -2.38. The fourth-order valence-electron chi connectivity index (χ4n) is 4.84. The smallest absolute Gasteiger partial charge is 0.253 e. The lowest BCUT2D eigenvalue weighted by atomic mass is 9.93. The van der Waals surface area contributed by atoms with Crippen LogP contribution < -0.4 is 10.2 Å². The number of hydrogen-bond acceptors (Lipinski definition) is 5. The zero-order valence-electron chi connectivity index (χ0n) is 17.5. The van der Waals surface area contributed by atoms with E-state index in [0.29, 0.717) is 53.8 Å². The number of anilines is 1.